The van der Waals surface area contributed by atoms with Crippen molar-refractivity contribution < 1.29 is 14.3 Å². The number of carbonyl (C=O) groups excluding carboxylic acids is 1. The van der Waals surface area contributed by atoms with Gasteiger partial charge in [0.1, 0.15) is 6.10 Å². The third-order valence-electron chi connectivity index (χ3n) is 2.46. The lowest BCUT2D eigenvalue weighted by Crippen LogP contribution is -2.15. The van der Waals surface area contributed by atoms with Gasteiger partial charge in [-0.25, -0.2) is 0 Å². The van der Waals surface area contributed by atoms with Crippen molar-refractivity contribution in [1.29, 1.82) is 0 Å². The van der Waals surface area contributed by atoms with Crippen molar-refractivity contribution in [3.8, 4) is 0 Å². The number of esters is 1. The number of hydrogen-bond acceptors (Lipinski definition) is 3. The van der Waals surface area contributed by atoms with Crippen LogP contribution in [0.1, 0.15) is 25.0 Å². The van der Waals surface area contributed by atoms with E-state index in [4.69, 9.17) is 9.47 Å². The SMILES string of the molecule is CC(=O)OC1CO[C@H](c2ccccc2)C1. The monoisotopic (exact) mass is 206 g/mol. The molecule has 0 aromatic heterocycles. The minimum Gasteiger partial charge on any atom is -0.460 e. The van der Waals surface area contributed by atoms with Crippen molar-refractivity contribution in [3.63, 3.8) is 0 Å². The zero-order valence-corrected chi connectivity index (χ0v) is 8.68. The van der Waals surface area contributed by atoms with E-state index in [9.17, 15) is 4.79 Å². The molecule has 1 aromatic carbocycles. The van der Waals surface area contributed by atoms with Crippen LogP contribution in [0.5, 0.6) is 0 Å². The van der Waals surface area contributed by atoms with E-state index < -0.39 is 0 Å². The highest BCUT2D eigenvalue weighted by molar-refractivity contribution is 5.66. The fourth-order valence-corrected chi connectivity index (χ4v) is 1.82. The highest BCUT2D eigenvalue weighted by Gasteiger charge is 2.28. The minimum absolute atomic E-state index is 0.0653. The van der Waals surface area contributed by atoms with Gasteiger partial charge >= 0.3 is 5.97 Å². The van der Waals surface area contributed by atoms with E-state index in [1.807, 2.05) is 30.3 Å². The predicted molar refractivity (Wildman–Crippen MR) is 55.3 cm³/mol. The largest absolute Gasteiger partial charge is 0.460 e. The Balaban J connectivity index is 1.96. The molecule has 0 bridgehead atoms. The Bertz CT molecular complexity index is 334. The van der Waals surface area contributed by atoms with Gasteiger partial charge < -0.3 is 9.47 Å². The second-order valence-electron chi connectivity index (χ2n) is 3.70. The summed E-state index contributed by atoms with van der Waals surface area (Å²) in [6.45, 7) is 1.93. The first-order valence-electron chi connectivity index (χ1n) is 5.09. The molecule has 2 atom stereocenters. The molecule has 0 N–H and O–H groups in total. The molecule has 0 amide bonds. The number of benzene rings is 1. The van der Waals surface area contributed by atoms with Crippen LogP contribution >= 0.6 is 0 Å². The van der Waals surface area contributed by atoms with Crippen LogP contribution < -0.4 is 0 Å². The van der Waals surface area contributed by atoms with Gasteiger partial charge in [0, 0.05) is 13.3 Å². The molecular weight excluding hydrogens is 192 g/mol. The molecule has 1 fully saturated rings. The summed E-state index contributed by atoms with van der Waals surface area (Å²) in [6.07, 6.45) is 0.729. The van der Waals surface area contributed by atoms with E-state index in [0.29, 0.717) is 6.61 Å². The van der Waals surface area contributed by atoms with Gasteiger partial charge in [-0.1, -0.05) is 30.3 Å². The molecule has 1 unspecified atom stereocenters. The van der Waals surface area contributed by atoms with Gasteiger partial charge in [0.2, 0.25) is 0 Å². The molecule has 1 aromatic rings. The van der Waals surface area contributed by atoms with Crippen LogP contribution in [-0.4, -0.2) is 18.7 Å². The number of ether oxygens (including phenoxy) is 2. The summed E-state index contributed by atoms with van der Waals surface area (Å²) in [5.41, 5.74) is 1.15. The summed E-state index contributed by atoms with van der Waals surface area (Å²) in [7, 11) is 0. The van der Waals surface area contributed by atoms with Crippen LogP contribution in [0.25, 0.3) is 0 Å². The third-order valence-corrected chi connectivity index (χ3v) is 2.46. The van der Waals surface area contributed by atoms with Gasteiger partial charge in [-0.05, 0) is 5.56 Å². The number of hydrogen-bond donors (Lipinski definition) is 0. The molecule has 0 spiro atoms. The quantitative estimate of drug-likeness (QED) is 0.695. The van der Waals surface area contributed by atoms with Crippen molar-refractivity contribution in [3.05, 3.63) is 35.9 Å². The third kappa shape index (κ3) is 2.57. The van der Waals surface area contributed by atoms with E-state index in [1.165, 1.54) is 6.92 Å². The second-order valence-corrected chi connectivity index (χ2v) is 3.70. The highest BCUT2D eigenvalue weighted by atomic mass is 16.6. The topological polar surface area (TPSA) is 35.5 Å². The van der Waals surface area contributed by atoms with Crippen LogP contribution in [0.2, 0.25) is 0 Å². The lowest BCUT2D eigenvalue weighted by Gasteiger charge is -2.09. The second kappa shape index (κ2) is 4.45. The molecular formula is C12H14O3. The van der Waals surface area contributed by atoms with Gasteiger partial charge in [0.25, 0.3) is 0 Å². The van der Waals surface area contributed by atoms with Gasteiger partial charge in [0.15, 0.2) is 0 Å². The zero-order valence-electron chi connectivity index (χ0n) is 8.68. The molecule has 0 aliphatic carbocycles. The lowest BCUT2D eigenvalue weighted by atomic mass is 10.1. The van der Waals surface area contributed by atoms with Crippen molar-refractivity contribution in [1.82, 2.24) is 0 Å². The van der Waals surface area contributed by atoms with Crippen molar-refractivity contribution >= 4 is 5.97 Å². The fraction of sp³-hybridized carbons (Fsp3) is 0.417. The number of rotatable bonds is 2. The van der Waals surface area contributed by atoms with Crippen molar-refractivity contribution in [2.45, 2.75) is 25.6 Å². The van der Waals surface area contributed by atoms with Crippen LogP contribution in [0.4, 0.5) is 0 Å². The van der Waals surface area contributed by atoms with Gasteiger partial charge in [-0.15, -0.1) is 0 Å². The Labute approximate surface area is 89.0 Å². The molecule has 1 aliphatic heterocycles. The molecule has 3 nitrogen and oxygen atoms in total. The summed E-state index contributed by atoms with van der Waals surface area (Å²) < 4.78 is 10.7. The number of carbonyl (C=O) groups is 1. The Morgan fingerprint density at radius 2 is 2.13 bits per heavy atom. The van der Waals surface area contributed by atoms with Crippen molar-refractivity contribution in [2.75, 3.05) is 6.61 Å². The predicted octanol–water partition coefficient (Wildman–Crippen LogP) is 2.08. The van der Waals surface area contributed by atoms with Crippen LogP contribution in [0, 0.1) is 0 Å². The van der Waals surface area contributed by atoms with Crippen molar-refractivity contribution in [2.24, 2.45) is 0 Å². The molecule has 1 heterocycles. The van der Waals surface area contributed by atoms with Gasteiger partial charge in [-0.3, -0.25) is 4.79 Å². The smallest absolute Gasteiger partial charge is 0.302 e. The van der Waals surface area contributed by atoms with E-state index in [1.54, 1.807) is 0 Å². The van der Waals surface area contributed by atoms with Gasteiger partial charge in [0.05, 0.1) is 12.7 Å². The molecule has 1 aliphatic rings. The highest BCUT2D eigenvalue weighted by Crippen LogP contribution is 2.29. The summed E-state index contributed by atoms with van der Waals surface area (Å²) in [5.74, 6) is -0.239. The normalized spacial score (nSPS) is 25.1. The van der Waals surface area contributed by atoms with E-state index in [2.05, 4.69) is 0 Å². The zero-order chi connectivity index (χ0) is 10.7. The average Bonchev–Trinajstić information content (AvgIpc) is 2.67. The Hall–Kier alpha value is -1.35. The molecule has 0 radical (unpaired) electrons. The minimum atomic E-state index is -0.239. The van der Waals surface area contributed by atoms with E-state index in [0.717, 1.165) is 12.0 Å². The summed E-state index contributed by atoms with van der Waals surface area (Å²) in [5, 5.41) is 0. The van der Waals surface area contributed by atoms with Crippen LogP contribution in [0.15, 0.2) is 30.3 Å². The summed E-state index contributed by atoms with van der Waals surface area (Å²) >= 11 is 0. The molecule has 1 saturated heterocycles. The maximum Gasteiger partial charge on any atom is 0.302 e. The summed E-state index contributed by atoms with van der Waals surface area (Å²) in [6, 6.07) is 10.00. The van der Waals surface area contributed by atoms with Crippen LogP contribution in [-0.2, 0) is 14.3 Å². The van der Waals surface area contributed by atoms with Crippen LogP contribution in [0.3, 0.4) is 0 Å². The molecule has 3 heteroatoms. The lowest BCUT2D eigenvalue weighted by molar-refractivity contribution is -0.146. The Kier molecular flexibility index (Phi) is 3.02. The maximum atomic E-state index is 10.8. The Morgan fingerprint density at radius 3 is 2.80 bits per heavy atom. The molecule has 80 valence electrons. The standard InChI is InChI=1S/C12H14O3/c1-9(13)15-11-7-12(14-8-11)10-5-3-2-4-6-10/h2-6,11-12H,7-8H2,1H3/t11?,12-/m0/s1. The van der Waals surface area contributed by atoms with E-state index in [-0.39, 0.29) is 18.2 Å². The molecule has 0 saturated carbocycles. The first-order chi connectivity index (χ1) is 7.25. The molecule has 2 rings (SSSR count). The first-order valence-corrected chi connectivity index (χ1v) is 5.09. The first kappa shape index (κ1) is 10.2. The molecule has 15 heavy (non-hydrogen) atoms. The maximum absolute atomic E-state index is 10.8. The van der Waals surface area contributed by atoms with E-state index >= 15 is 0 Å². The Morgan fingerprint density at radius 1 is 1.40 bits per heavy atom. The average molecular weight is 206 g/mol. The summed E-state index contributed by atoms with van der Waals surface area (Å²) in [4.78, 5) is 10.8. The fourth-order valence-electron chi connectivity index (χ4n) is 1.82. The van der Waals surface area contributed by atoms with Gasteiger partial charge in [-0.2, -0.15) is 0 Å².